The number of fused-ring (bicyclic) bond motifs is 1. The van der Waals surface area contributed by atoms with Gasteiger partial charge in [0.1, 0.15) is 6.54 Å². The van der Waals surface area contributed by atoms with Crippen molar-refractivity contribution in [1.82, 2.24) is 4.90 Å². The summed E-state index contributed by atoms with van der Waals surface area (Å²) in [4.78, 5) is 25.4. The van der Waals surface area contributed by atoms with Gasteiger partial charge in [0.15, 0.2) is 0 Å². The molecule has 0 unspecified atom stereocenters. The van der Waals surface area contributed by atoms with Crippen molar-refractivity contribution >= 4 is 11.9 Å². The van der Waals surface area contributed by atoms with Crippen LogP contribution in [0.1, 0.15) is 35.3 Å². The van der Waals surface area contributed by atoms with E-state index < -0.39 is 5.97 Å². The smallest absolute Gasteiger partial charge is 0.325 e. The Hall–Kier alpha value is -1.88. The van der Waals surface area contributed by atoms with Gasteiger partial charge in [0.05, 0.1) is 20.3 Å². The van der Waals surface area contributed by atoms with E-state index in [1.807, 2.05) is 26.0 Å². The van der Waals surface area contributed by atoms with Gasteiger partial charge >= 0.3 is 5.97 Å². The molecule has 0 aromatic heterocycles. The first-order valence-electron chi connectivity index (χ1n) is 6.60. The highest BCUT2D eigenvalue weighted by molar-refractivity contribution is 5.96. The van der Waals surface area contributed by atoms with Gasteiger partial charge in [-0.1, -0.05) is 6.07 Å². The zero-order chi connectivity index (χ0) is 14.7. The van der Waals surface area contributed by atoms with Gasteiger partial charge in [-0.15, -0.1) is 0 Å². The first-order valence-corrected chi connectivity index (χ1v) is 6.60. The maximum absolute atomic E-state index is 12.5. The van der Waals surface area contributed by atoms with E-state index in [-0.39, 0.29) is 18.5 Å². The van der Waals surface area contributed by atoms with Crippen LogP contribution in [0.25, 0.3) is 0 Å². The van der Waals surface area contributed by atoms with Crippen LogP contribution in [0.4, 0.5) is 0 Å². The van der Waals surface area contributed by atoms with E-state index in [9.17, 15) is 9.59 Å². The molecule has 5 heteroatoms. The van der Waals surface area contributed by atoms with Crippen molar-refractivity contribution in [2.75, 3.05) is 13.7 Å². The zero-order valence-corrected chi connectivity index (χ0v) is 12.0. The molecule has 20 heavy (non-hydrogen) atoms. The summed E-state index contributed by atoms with van der Waals surface area (Å²) in [6.07, 6.45) is 0. The molecule has 0 spiro atoms. The van der Waals surface area contributed by atoms with E-state index in [0.717, 1.165) is 11.1 Å². The van der Waals surface area contributed by atoms with Gasteiger partial charge in [-0.25, -0.2) is 0 Å². The van der Waals surface area contributed by atoms with E-state index >= 15 is 0 Å². The van der Waals surface area contributed by atoms with Gasteiger partial charge in [-0.2, -0.15) is 0 Å². The second-order valence-corrected chi connectivity index (χ2v) is 5.08. The van der Waals surface area contributed by atoms with Crippen LogP contribution in [0.2, 0.25) is 0 Å². The van der Waals surface area contributed by atoms with E-state index in [4.69, 9.17) is 4.74 Å². The van der Waals surface area contributed by atoms with Crippen molar-refractivity contribution in [3.8, 4) is 0 Å². The second-order valence-electron chi connectivity index (χ2n) is 5.08. The predicted molar refractivity (Wildman–Crippen MR) is 73.1 cm³/mol. The van der Waals surface area contributed by atoms with E-state index in [0.29, 0.717) is 18.8 Å². The van der Waals surface area contributed by atoms with Crippen LogP contribution in [0.3, 0.4) is 0 Å². The number of amides is 1. The highest BCUT2D eigenvalue weighted by Crippen LogP contribution is 2.22. The number of methoxy groups -OCH3 is 1. The molecule has 108 valence electrons. The normalized spacial score (nSPS) is 13.2. The lowest BCUT2D eigenvalue weighted by Crippen LogP contribution is -2.41. The average Bonchev–Trinajstić information content (AvgIpc) is 2.90. The van der Waals surface area contributed by atoms with Crippen molar-refractivity contribution in [2.24, 2.45) is 0 Å². The number of carbonyl (C=O) groups is 2. The molecule has 0 radical (unpaired) electrons. The van der Waals surface area contributed by atoms with Crippen LogP contribution in [0.15, 0.2) is 18.2 Å². The number of ether oxygens (including phenoxy) is 2. The third-order valence-electron chi connectivity index (χ3n) is 3.38. The fourth-order valence-corrected chi connectivity index (χ4v) is 2.16. The Kier molecular flexibility index (Phi) is 4.39. The summed E-state index contributed by atoms with van der Waals surface area (Å²) in [5.74, 6) is -0.586. The number of nitrogens with zero attached hydrogens (tertiary/aromatic N) is 1. The number of esters is 1. The summed E-state index contributed by atoms with van der Waals surface area (Å²) in [7, 11) is 1.32. The van der Waals surface area contributed by atoms with Crippen molar-refractivity contribution < 1.29 is 19.1 Å². The maximum Gasteiger partial charge on any atom is 0.325 e. The molecule has 0 fully saturated rings. The zero-order valence-electron chi connectivity index (χ0n) is 12.0. The van der Waals surface area contributed by atoms with Crippen LogP contribution in [-0.4, -0.2) is 36.5 Å². The molecule has 0 atom stereocenters. The number of rotatable bonds is 4. The molecule has 1 aliphatic heterocycles. The summed E-state index contributed by atoms with van der Waals surface area (Å²) >= 11 is 0. The monoisotopic (exact) mass is 277 g/mol. The minimum atomic E-state index is -0.420. The Morgan fingerprint density at radius 1 is 1.30 bits per heavy atom. The summed E-state index contributed by atoms with van der Waals surface area (Å²) in [6, 6.07) is 5.46. The highest BCUT2D eigenvalue weighted by atomic mass is 16.5. The lowest BCUT2D eigenvalue weighted by atomic mass is 10.1. The summed E-state index contributed by atoms with van der Waals surface area (Å²) in [5.41, 5.74) is 2.73. The van der Waals surface area contributed by atoms with Crippen molar-refractivity contribution in [1.29, 1.82) is 0 Å². The Labute approximate surface area is 118 Å². The first-order chi connectivity index (χ1) is 9.52. The Morgan fingerprint density at radius 2 is 2.00 bits per heavy atom. The lowest BCUT2D eigenvalue weighted by Gasteiger charge is -2.25. The summed E-state index contributed by atoms with van der Waals surface area (Å²) in [6.45, 7) is 4.84. The SMILES string of the molecule is COC(=O)CN(C(=O)c1ccc2c(c1)COC2)C(C)C. The number of hydrogen-bond acceptors (Lipinski definition) is 4. The third kappa shape index (κ3) is 2.99. The molecule has 2 rings (SSSR count). The fraction of sp³-hybridized carbons (Fsp3) is 0.467. The van der Waals surface area contributed by atoms with E-state index in [1.165, 1.54) is 12.0 Å². The number of hydrogen-bond donors (Lipinski definition) is 0. The highest BCUT2D eigenvalue weighted by Gasteiger charge is 2.23. The maximum atomic E-state index is 12.5. The molecular formula is C15H19NO4. The molecule has 0 aliphatic carbocycles. The molecule has 0 saturated heterocycles. The van der Waals surface area contributed by atoms with Gasteiger partial charge in [0.25, 0.3) is 5.91 Å². The van der Waals surface area contributed by atoms with E-state index in [2.05, 4.69) is 4.74 Å². The van der Waals surface area contributed by atoms with Crippen molar-refractivity contribution in [3.63, 3.8) is 0 Å². The molecule has 0 saturated carbocycles. The molecule has 5 nitrogen and oxygen atoms in total. The van der Waals surface area contributed by atoms with Gasteiger partial charge in [0, 0.05) is 11.6 Å². The Bertz CT molecular complexity index is 525. The third-order valence-corrected chi connectivity index (χ3v) is 3.38. The molecule has 1 aromatic carbocycles. The molecule has 1 heterocycles. The molecule has 1 aromatic rings. The largest absolute Gasteiger partial charge is 0.468 e. The molecule has 0 N–H and O–H groups in total. The van der Waals surface area contributed by atoms with Crippen LogP contribution in [0.5, 0.6) is 0 Å². The van der Waals surface area contributed by atoms with Crippen LogP contribution >= 0.6 is 0 Å². The van der Waals surface area contributed by atoms with Crippen LogP contribution in [-0.2, 0) is 27.5 Å². The van der Waals surface area contributed by atoms with Gasteiger partial charge in [0.2, 0.25) is 0 Å². The molecule has 1 aliphatic rings. The Balaban J connectivity index is 2.21. The Morgan fingerprint density at radius 3 is 2.65 bits per heavy atom. The average molecular weight is 277 g/mol. The fourth-order valence-electron chi connectivity index (χ4n) is 2.16. The topological polar surface area (TPSA) is 55.8 Å². The molecular weight excluding hydrogens is 258 g/mol. The van der Waals surface area contributed by atoms with Gasteiger partial charge < -0.3 is 14.4 Å². The van der Waals surface area contributed by atoms with Crippen molar-refractivity contribution in [3.05, 3.63) is 34.9 Å². The van der Waals surface area contributed by atoms with E-state index in [1.54, 1.807) is 6.07 Å². The van der Waals surface area contributed by atoms with Crippen LogP contribution < -0.4 is 0 Å². The van der Waals surface area contributed by atoms with Gasteiger partial charge in [-0.3, -0.25) is 9.59 Å². The standard InChI is InChI=1S/C15H19NO4/c1-10(2)16(7-14(17)19-3)15(18)11-4-5-12-8-20-9-13(12)6-11/h4-6,10H,7-9H2,1-3H3. The predicted octanol–water partition coefficient (Wildman–Crippen LogP) is 1.74. The molecule has 1 amide bonds. The first kappa shape index (κ1) is 14.5. The quantitative estimate of drug-likeness (QED) is 0.787. The number of benzene rings is 1. The second kappa shape index (κ2) is 6.05. The van der Waals surface area contributed by atoms with Crippen LogP contribution in [0, 0.1) is 0 Å². The van der Waals surface area contributed by atoms with Gasteiger partial charge in [-0.05, 0) is 37.1 Å². The number of carbonyl (C=O) groups excluding carboxylic acids is 2. The minimum absolute atomic E-state index is 0.0411. The minimum Gasteiger partial charge on any atom is -0.468 e. The summed E-state index contributed by atoms with van der Waals surface area (Å²) < 4.78 is 9.98. The van der Waals surface area contributed by atoms with Crippen molar-refractivity contribution in [2.45, 2.75) is 33.1 Å². The summed E-state index contributed by atoms with van der Waals surface area (Å²) in [5, 5.41) is 0. The molecule has 0 bridgehead atoms. The lowest BCUT2D eigenvalue weighted by molar-refractivity contribution is -0.141.